The molecule has 5 aromatic rings. The lowest BCUT2D eigenvalue weighted by Gasteiger charge is -2.27. The molecule has 6 rings (SSSR count). The van der Waals surface area contributed by atoms with Crippen LogP contribution in [0.15, 0.2) is 70.6 Å². The van der Waals surface area contributed by atoms with Crippen LogP contribution in [0.25, 0.3) is 43.6 Å². The van der Waals surface area contributed by atoms with E-state index in [1.807, 2.05) is 11.8 Å². The third-order valence-corrected chi connectivity index (χ3v) is 8.62. The van der Waals surface area contributed by atoms with Gasteiger partial charge in [0.2, 0.25) is 5.69 Å². The van der Waals surface area contributed by atoms with Crippen LogP contribution in [0, 0.1) is 6.92 Å². The lowest BCUT2D eigenvalue weighted by molar-refractivity contribution is -0.659. The van der Waals surface area contributed by atoms with Crippen LogP contribution in [-0.2, 0) is 7.05 Å². The van der Waals surface area contributed by atoms with Crippen molar-refractivity contribution in [3.8, 4) is 11.3 Å². The van der Waals surface area contributed by atoms with Crippen molar-refractivity contribution in [2.75, 3.05) is 0 Å². The van der Waals surface area contributed by atoms with Gasteiger partial charge in [0.15, 0.2) is 6.20 Å². The van der Waals surface area contributed by atoms with Gasteiger partial charge in [0.05, 0.1) is 10.9 Å². The standard InChI is InChI=1S/C31H30NS/c1-17(2)20-11-12-24-22(15-20)16-21-13-14-32(6)29-27-19(5)23-9-7-8-10-25(23)26(18(3)4)31(27)33-30(24)28(21)29/h7-18H,1-6H3/q+1. The van der Waals surface area contributed by atoms with E-state index in [-0.39, 0.29) is 0 Å². The molecule has 33 heavy (non-hydrogen) atoms. The molecule has 0 N–H and O–H groups in total. The van der Waals surface area contributed by atoms with Crippen molar-refractivity contribution in [1.82, 2.24) is 0 Å². The highest BCUT2D eigenvalue weighted by Gasteiger charge is 2.33. The van der Waals surface area contributed by atoms with E-state index in [1.54, 1.807) is 0 Å². The average molecular weight is 449 g/mol. The summed E-state index contributed by atoms with van der Waals surface area (Å²) < 4.78 is 2.34. The first-order valence-corrected chi connectivity index (χ1v) is 12.8. The van der Waals surface area contributed by atoms with E-state index in [0.717, 1.165) is 0 Å². The van der Waals surface area contributed by atoms with E-state index in [0.29, 0.717) is 11.8 Å². The normalized spacial score (nSPS) is 13.0. The molecule has 2 heteroatoms. The molecule has 1 aliphatic heterocycles. The Hall–Kier alpha value is -2.84. The molecule has 0 amide bonds. The molecule has 0 aliphatic carbocycles. The average Bonchev–Trinajstić information content (AvgIpc) is 2.80. The lowest BCUT2D eigenvalue weighted by Crippen LogP contribution is -2.32. The van der Waals surface area contributed by atoms with Crippen LogP contribution in [-0.4, -0.2) is 0 Å². The van der Waals surface area contributed by atoms with E-state index < -0.39 is 0 Å². The number of hydrogen-bond donors (Lipinski definition) is 0. The number of aryl methyl sites for hydroxylation is 2. The van der Waals surface area contributed by atoms with E-state index in [1.165, 1.54) is 70.1 Å². The summed E-state index contributed by atoms with van der Waals surface area (Å²) in [5.41, 5.74) is 7.05. The van der Waals surface area contributed by atoms with Crippen LogP contribution in [0.3, 0.4) is 0 Å². The predicted molar refractivity (Wildman–Crippen MR) is 143 cm³/mol. The maximum absolute atomic E-state index is 2.40. The van der Waals surface area contributed by atoms with Gasteiger partial charge in [0, 0.05) is 15.9 Å². The molecule has 0 radical (unpaired) electrons. The summed E-state index contributed by atoms with van der Waals surface area (Å²) in [7, 11) is 2.20. The highest BCUT2D eigenvalue weighted by molar-refractivity contribution is 8.00. The molecule has 1 nitrogen and oxygen atoms in total. The van der Waals surface area contributed by atoms with Crippen molar-refractivity contribution in [2.24, 2.45) is 7.05 Å². The second-order valence-corrected chi connectivity index (χ2v) is 11.1. The molecule has 0 bridgehead atoms. The third kappa shape index (κ3) is 2.90. The predicted octanol–water partition coefficient (Wildman–Crippen LogP) is 8.66. The van der Waals surface area contributed by atoms with Gasteiger partial charge >= 0.3 is 0 Å². The monoisotopic (exact) mass is 448 g/mol. The van der Waals surface area contributed by atoms with Gasteiger partial charge in [-0.3, -0.25) is 0 Å². The van der Waals surface area contributed by atoms with Crippen molar-refractivity contribution in [1.29, 1.82) is 0 Å². The summed E-state index contributed by atoms with van der Waals surface area (Å²) in [6.07, 6.45) is 2.24. The van der Waals surface area contributed by atoms with E-state index in [9.17, 15) is 0 Å². The van der Waals surface area contributed by atoms with Crippen LogP contribution in [0.1, 0.15) is 56.2 Å². The smallest absolute Gasteiger partial charge is 0.200 e. The molecule has 1 aliphatic rings. The SMILES string of the molecule is Cc1c2c(c(C(C)C)c3ccccc13)Sc1c3ccc(C(C)C)cc3cc3cc[n+](C)c-2c13. The zero-order chi connectivity index (χ0) is 23.0. The van der Waals surface area contributed by atoms with Crippen LogP contribution in [0.2, 0.25) is 0 Å². The van der Waals surface area contributed by atoms with Crippen molar-refractivity contribution >= 4 is 44.1 Å². The van der Waals surface area contributed by atoms with Gasteiger partial charge < -0.3 is 0 Å². The Morgan fingerprint density at radius 2 is 1.52 bits per heavy atom. The Labute approximate surface area is 200 Å². The molecule has 164 valence electrons. The summed E-state index contributed by atoms with van der Waals surface area (Å²) in [5.74, 6) is 0.978. The second kappa shape index (κ2) is 7.33. The Morgan fingerprint density at radius 1 is 0.758 bits per heavy atom. The van der Waals surface area contributed by atoms with Gasteiger partial charge in [-0.25, -0.2) is 4.57 Å². The van der Waals surface area contributed by atoms with E-state index >= 15 is 0 Å². The van der Waals surface area contributed by atoms with Crippen molar-refractivity contribution in [3.05, 3.63) is 77.5 Å². The minimum absolute atomic E-state index is 0.449. The number of aromatic nitrogens is 1. The zero-order valence-corrected chi connectivity index (χ0v) is 21.1. The molecule has 0 unspecified atom stereocenters. The van der Waals surface area contributed by atoms with Crippen LogP contribution >= 0.6 is 11.8 Å². The molecule has 0 saturated heterocycles. The number of pyridine rings is 1. The maximum Gasteiger partial charge on any atom is 0.222 e. The fourth-order valence-electron chi connectivity index (χ4n) is 5.67. The van der Waals surface area contributed by atoms with Gasteiger partial charge in [0.25, 0.3) is 0 Å². The van der Waals surface area contributed by atoms with Gasteiger partial charge in [0.1, 0.15) is 7.05 Å². The first kappa shape index (κ1) is 20.7. The van der Waals surface area contributed by atoms with Gasteiger partial charge in [-0.1, -0.05) is 81.9 Å². The molecule has 0 fully saturated rings. The minimum Gasteiger partial charge on any atom is -0.200 e. The van der Waals surface area contributed by atoms with Crippen molar-refractivity contribution < 1.29 is 4.57 Å². The number of benzene rings is 4. The van der Waals surface area contributed by atoms with Crippen LogP contribution in [0.4, 0.5) is 0 Å². The second-order valence-electron chi connectivity index (χ2n) is 10.1. The summed E-state index contributed by atoms with van der Waals surface area (Å²) in [4.78, 5) is 2.85. The fourth-order valence-corrected chi connectivity index (χ4v) is 7.30. The fraction of sp³-hybridized carbons (Fsp3) is 0.258. The topological polar surface area (TPSA) is 3.88 Å². The molecule has 0 spiro atoms. The van der Waals surface area contributed by atoms with Crippen LogP contribution in [0.5, 0.6) is 0 Å². The Bertz CT molecular complexity index is 1610. The third-order valence-electron chi connectivity index (χ3n) is 7.37. The minimum atomic E-state index is 0.449. The summed E-state index contributed by atoms with van der Waals surface area (Å²) in [6.45, 7) is 11.5. The van der Waals surface area contributed by atoms with Crippen molar-refractivity contribution in [3.63, 3.8) is 0 Å². The highest BCUT2D eigenvalue weighted by atomic mass is 32.2. The quantitative estimate of drug-likeness (QED) is 0.189. The maximum atomic E-state index is 2.40. The number of hydrogen-bond acceptors (Lipinski definition) is 1. The Balaban J connectivity index is 1.82. The summed E-state index contributed by atoms with van der Waals surface area (Å²) in [6, 6.07) is 20.7. The van der Waals surface area contributed by atoms with Crippen molar-refractivity contribution in [2.45, 2.75) is 56.2 Å². The summed E-state index contributed by atoms with van der Waals surface area (Å²) in [5, 5.41) is 8.23. The number of nitrogens with zero attached hydrogens (tertiary/aromatic N) is 1. The van der Waals surface area contributed by atoms with Gasteiger partial charge in [-0.05, 0) is 68.4 Å². The van der Waals surface area contributed by atoms with E-state index in [2.05, 4.69) is 107 Å². The van der Waals surface area contributed by atoms with E-state index in [4.69, 9.17) is 0 Å². The highest BCUT2D eigenvalue weighted by Crippen LogP contribution is 2.54. The number of fused-ring (bicyclic) bond motifs is 5. The summed E-state index contributed by atoms with van der Waals surface area (Å²) >= 11 is 2.00. The molecule has 0 atom stereocenters. The molecular formula is C31H30NS+. The Morgan fingerprint density at radius 3 is 2.24 bits per heavy atom. The lowest BCUT2D eigenvalue weighted by atomic mass is 9.87. The molecule has 2 heterocycles. The number of rotatable bonds is 2. The Kier molecular flexibility index (Phi) is 4.61. The molecule has 4 aromatic carbocycles. The van der Waals surface area contributed by atoms with Gasteiger partial charge in [-0.2, -0.15) is 0 Å². The van der Waals surface area contributed by atoms with Gasteiger partial charge in [-0.15, -0.1) is 0 Å². The largest absolute Gasteiger partial charge is 0.222 e. The van der Waals surface area contributed by atoms with Crippen LogP contribution < -0.4 is 4.57 Å². The zero-order valence-electron chi connectivity index (χ0n) is 20.3. The molecular weight excluding hydrogens is 418 g/mol. The molecule has 0 saturated carbocycles. The first-order chi connectivity index (χ1) is 15.9. The molecule has 1 aromatic heterocycles. The first-order valence-electron chi connectivity index (χ1n) is 12.0.